The molecule has 1 rings (SSSR count). The third kappa shape index (κ3) is 2.58. The topological polar surface area (TPSA) is 46.2 Å². The van der Waals surface area contributed by atoms with E-state index in [9.17, 15) is 5.11 Å². The summed E-state index contributed by atoms with van der Waals surface area (Å²) in [5.74, 6) is 0. The van der Waals surface area contributed by atoms with Crippen LogP contribution in [-0.2, 0) is 0 Å². The van der Waals surface area contributed by atoms with Crippen LogP contribution in [0.25, 0.3) is 0 Å². The van der Waals surface area contributed by atoms with Gasteiger partial charge in [0.1, 0.15) is 0 Å². The monoisotopic (exact) mass is 219 g/mol. The van der Waals surface area contributed by atoms with Crippen LogP contribution in [-0.4, -0.2) is 11.2 Å². The summed E-state index contributed by atoms with van der Waals surface area (Å²) < 4.78 is 0. The van der Waals surface area contributed by atoms with E-state index in [2.05, 4.69) is 0 Å². The van der Waals surface area contributed by atoms with Crippen LogP contribution in [0.4, 0.5) is 0 Å². The molecule has 0 aliphatic heterocycles. The minimum Gasteiger partial charge on any atom is -0.391 e. The van der Waals surface area contributed by atoms with Crippen molar-refractivity contribution in [2.24, 2.45) is 5.73 Å². The summed E-state index contributed by atoms with van der Waals surface area (Å²) in [6, 6.07) is 4.57. The second-order valence-corrected chi connectivity index (χ2v) is 3.78. The second kappa shape index (κ2) is 4.29. The van der Waals surface area contributed by atoms with Crippen molar-refractivity contribution in [2.45, 2.75) is 19.1 Å². The van der Waals surface area contributed by atoms with Crippen molar-refractivity contribution >= 4 is 23.2 Å². The molecular formula is C9H11Cl2NO. The highest BCUT2D eigenvalue weighted by atomic mass is 35.5. The standard InChI is InChI=1S/C9H11Cl2NO/c1-5(13)9(12)7-3-2-6(10)4-8(7)11/h2-5,9,13H,12H2,1H3/t5-,9+/m1/s1. The summed E-state index contributed by atoms with van der Waals surface area (Å²) in [6.07, 6.45) is -0.626. The highest BCUT2D eigenvalue weighted by Crippen LogP contribution is 2.26. The molecule has 2 nitrogen and oxygen atoms in total. The van der Waals surface area contributed by atoms with E-state index < -0.39 is 12.1 Å². The van der Waals surface area contributed by atoms with Gasteiger partial charge in [0.05, 0.1) is 12.1 Å². The fourth-order valence-corrected chi connectivity index (χ4v) is 1.57. The largest absolute Gasteiger partial charge is 0.391 e. The van der Waals surface area contributed by atoms with Crippen LogP contribution in [0.2, 0.25) is 10.0 Å². The van der Waals surface area contributed by atoms with E-state index in [1.807, 2.05) is 0 Å². The molecule has 0 spiro atoms. The average Bonchev–Trinajstić information content (AvgIpc) is 2.03. The fourth-order valence-electron chi connectivity index (χ4n) is 1.03. The third-order valence-corrected chi connectivity index (χ3v) is 2.40. The predicted molar refractivity (Wildman–Crippen MR) is 55.1 cm³/mol. The predicted octanol–water partition coefficient (Wildman–Crippen LogP) is 2.37. The van der Waals surface area contributed by atoms with Crippen LogP contribution in [0.5, 0.6) is 0 Å². The first kappa shape index (κ1) is 10.8. The Bertz CT molecular complexity index is 302. The van der Waals surface area contributed by atoms with Gasteiger partial charge in [0, 0.05) is 10.0 Å². The van der Waals surface area contributed by atoms with Gasteiger partial charge in [0.25, 0.3) is 0 Å². The molecule has 2 atom stereocenters. The lowest BCUT2D eigenvalue weighted by molar-refractivity contribution is 0.164. The Morgan fingerprint density at radius 2 is 2.00 bits per heavy atom. The lowest BCUT2D eigenvalue weighted by atomic mass is 10.0. The first-order chi connectivity index (χ1) is 6.02. The van der Waals surface area contributed by atoms with E-state index in [4.69, 9.17) is 28.9 Å². The van der Waals surface area contributed by atoms with Crippen molar-refractivity contribution in [1.82, 2.24) is 0 Å². The zero-order valence-corrected chi connectivity index (χ0v) is 8.68. The molecule has 13 heavy (non-hydrogen) atoms. The van der Waals surface area contributed by atoms with Gasteiger partial charge in [-0.3, -0.25) is 0 Å². The summed E-state index contributed by atoms with van der Waals surface area (Å²) in [5, 5.41) is 10.3. The normalized spacial score (nSPS) is 15.5. The lowest BCUT2D eigenvalue weighted by Crippen LogP contribution is -2.23. The van der Waals surface area contributed by atoms with Gasteiger partial charge in [-0.05, 0) is 24.6 Å². The molecule has 4 heteroatoms. The number of hydrogen-bond acceptors (Lipinski definition) is 2. The van der Waals surface area contributed by atoms with Gasteiger partial charge in [0.15, 0.2) is 0 Å². The maximum absolute atomic E-state index is 9.25. The Kier molecular flexibility index (Phi) is 3.56. The summed E-state index contributed by atoms with van der Waals surface area (Å²) in [4.78, 5) is 0. The molecule has 0 bridgehead atoms. The number of hydrogen-bond donors (Lipinski definition) is 2. The van der Waals surface area contributed by atoms with Crippen LogP contribution in [0.3, 0.4) is 0 Å². The van der Waals surface area contributed by atoms with E-state index in [0.29, 0.717) is 15.6 Å². The Morgan fingerprint density at radius 3 is 2.46 bits per heavy atom. The molecule has 72 valence electrons. The SMILES string of the molecule is C[C@@H](O)[C@H](N)c1ccc(Cl)cc1Cl. The van der Waals surface area contributed by atoms with Gasteiger partial charge < -0.3 is 10.8 Å². The zero-order chi connectivity index (χ0) is 10.0. The van der Waals surface area contributed by atoms with Crippen molar-refractivity contribution in [3.05, 3.63) is 33.8 Å². The minimum atomic E-state index is -0.626. The van der Waals surface area contributed by atoms with E-state index in [0.717, 1.165) is 0 Å². The molecule has 3 N–H and O–H groups in total. The number of benzene rings is 1. The Balaban J connectivity index is 3.01. The third-order valence-electron chi connectivity index (χ3n) is 1.84. The van der Waals surface area contributed by atoms with Crippen LogP contribution < -0.4 is 5.73 Å². The van der Waals surface area contributed by atoms with Gasteiger partial charge in [-0.1, -0.05) is 29.3 Å². The molecular weight excluding hydrogens is 209 g/mol. The molecule has 0 unspecified atom stereocenters. The van der Waals surface area contributed by atoms with Crippen LogP contribution >= 0.6 is 23.2 Å². The highest BCUT2D eigenvalue weighted by Gasteiger charge is 2.14. The van der Waals surface area contributed by atoms with Crippen molar-refractivity contribution in [1.29, 1.82) is 0 Å². The fraction of sp³-hybridized carbons (Fsp3) is 0.333. The Labute approximate surface area is 87.3 Å². The summed E-state index contributed by atoms with van der Waals surface area (Å²) in [5.41, 5.74) is 6.42. The summed E-state index contributed by atoms with van der Waals surface area (Å²) in [6.45, 7) is 1.62. The molecule has 0 radical (unpaired) electrons. The molecule has 1 aromatic rings. The number of halogens is 2. The average molecular weight is 220 g/mol. The minimum absolute atomic E-state index is 0.468. The molecule has 0 heterocycles. The van der Waals surface area contributed by atoms with E-state index in [-0.39, 0.29) is 0 Å². The van der Waals surface area contributed by atoms with Gasteiger partial charge in [-0.2, -0.15) is 0 Å². The van der Waals surface area contributed by atoms with Crippen LogP contribution in [0, 0.1) is 0 Å². The van der Waals surface area contributed by atoms with Crippen molar-refractivity contribution < 1.29 is 5.11 Å². The maximum Gasteiger partial charge on any atom is 0.0705 e. The molecule has 0 aliphatic carbocycles. The van der Waals surface area contributed by atoms with Gasteiger partial charge in [-0.15, -0.1) is 0 Å². The lowest BCUT2D eigenvalue weighted by Gasteiger charge is -2.16. The number of aliphatic hydroxyl groups excluding tert-OH is 1. The molecule has 0 amide bonds. The molecule has 1 aromatic carbocycles. The van der Waals surface area contributed by atoms with Gasteiger partial charge >= 0.3 is 0 Å². The van der Waals surface area contributed by atoms with Crippen molar-refractivity contribution in [3.8, 4) is 0 Å². The quantitative estimate of drug-likeness (QED) is 0.803. The molecule has 0 saturated heterocycles. The summed E-state index contributed by atoms with van der Waals surface area (Å²) in [7, 11) is 0. The van der Waals surface area contributed by atoms with Gasteiger partial charge in [-0.25, -0.2) is 0 Å². The van der Waals surface area contributed by atoms with Crippen molar-refractivity contribution in [2.75, 3.05) is 0 Å². The number of aliphatic hydroxyl groups is 1. The number of rotatable bonds is 2. The molecule has 0 aromatic heterocycles. The van der Waals surface area contributed by atoms with Crippen molar-refractivity contribution in [3.63, 3.8) is 0 Å². The van der Waals surface area contributed by atoms with E-state index >= 15 is 0 Å². The van der Waals surface area contributed by atoms with E-state index in [1.54, 1.807) is 25.1 Å². The molecule has 0 fully saturated rings. The van der Waals surface area contributed by atoms with Gasteiger partial charge in [0.2, 0.25) is 0 Å². The molecule has 0 aliphatic rings. The maximum atomic E-state index is 9.25. The Hall–Kier alpha value is -0.280. The molecule has 0 saturated carbocycles. The first-order valence-corrected chi connectivity index (χ1v) is 4.66. The first-order valence-electron chi connectivity index (χ1n) is 3.91. The van der Waals surface area contributed by atoms with Crippen LogP contribution in [0.15, 0.2) is 18.2 Å². The highest BCUT2D eigenvalue weighted by molar-refractivity contribution is 6.35. The number of nitrogens with two attached hydrogens (primary N) is 1. The smallest absolute Gasteiger partial charge is 0.0705 e. The summed E-state index contributed by atoms with van der Waals surface area (Å²) >= 11 is 11.6. The van der Waals surface area contributed by atoms with E-state index in [1.165, 1.54) is 0 Å². The van der Waals surface area contributed by atoms with Crippen LogP contribution in [0.1, 0.15) is 18.5 Å². The zero-order valence-electron chi connectivity index (χ0n) is 7.17. The Morgan fingerprint density at radius 1 is 1.38 bits per heavy atom. The second-order valence-electron chi connectivity index (χ2n) is 2.93.